The first-order valence-corrected chi connectivity index (χ1v) is 6.82. The SMILES string of the molecule is Cc1ccc([S@@](=O)/N=C/c2ccc(C#N)cc2)cc1. The van der Waals surface area contributed by atoms with Gasteiger partial charge in [-0.3, -0.25) is 0 Å². The van der Waals surface area contributed by atoms with Crippen molar-refractivity contribution in [3.63, 3.8) is 0 Å². The van der Waals surface area contributed by atoms with Gasteiger partial charge >= 0.3 is 0 Å². The van der Waals surface area contributed by atoms with Gasteiger partial charge in [-0.15, -0.1) is 0 Å². The van der Waals surface area contributed by atoms with E-state index in [1.165, 1.54) is 0 Å². The minimum absolute atomic E-state index is 0.594. The number of benzene rings is 2. The Kier molecular flexibility index (Phi) is 4.22. The highest BCUT2D eigenvalue weighted by molar-refractivity contribution is 7.83. The first-order valence-electron chi connectivity index (χ1n) is 5.72. The molecule has 1 atom stereocenters. The van der Waals surface area contributed by atoms with E-state index in [1.54, 1.807) is 30.5 Å². The maximum atomic E-state index is 11.9. The fourth-order valence-corrected chi connectivity index (χ4v) is 2.18. The number of nitriles is 1. The summed E-state index contributed by atoms with van der Waals surface area (Å²) in [6.07, 6.45) is 1.55. The molecule has 0 aliphatic heterocycles. The third-order valence-corrected chi connectivity index (χ3v) is 3.53. The van der Waals surface area contributed by atoms with E-state index in [1.807, 2.05) is 37.3 Å². The Morgan fingerprint density at radius 3 is 2.32 bits per heavy atom. The summed E-state index contributed by atoms with van der Waals surface area (Å²) in [5, 5.41) is 8.69. The average Bonchev–Trinajstić information content (AvgIpc) is 2.46. The smallest absolute Gasteiger partial charge is 0.172 e. The van der Waals surface area contributed by atoms with Crippen LogP contribution in [0.15, 0.2) is 57.8 Å². The van der Waals surface area contributed by atoms with Crippen LogP contribution in [-0.2, 0) is 11.0 Å². The summed E-state index contributed by atoms with van der Waals surface area (Å²) in [7, 11) is -1.39. The van der Waals surface area contributed by atoms with Crippen LogP contribution in [0.3, 0.4) is 0 Å². The molecule has 19 heavy (non-hydrogen) atoms. The third kappa shape index (κ3) is 3.60. The standard InChI is InChI=1S/C15H12N2OS/c1-12-2-8-15(9-3-12)19(18)17-11-14-6-4-13(10-16)5-7-14/h2-9,11H,1H3/b17-11+/t19-/m1/s1. The van der Waals surface area contributed by atoms with Gasteiger partial charge in [0.1, 0.15) is 0 Å². The van der Waals surface area contributed by atoms with Gasteiger partial charge in [0.15, 0.2) is 11.0 Å². The quantitative estimate of drug-likeness (QED) is 0.803. The zero-order chi connectivity index (χ0) is 13.7. The van der Waals surface area contributed by atoms with E-state index in [4.69, 9.17) is 5.26 Å². The Morgan fingerprint density at radius 2 is 1.74 bits per heavy atom. The molecule has 0 aromatic heterocycles. The van der Waals surface area contributed by atoms with Crippen molar-refractivity contribution in [2.45, 2.75) is 11.8 Å². The molecule has 0 aliphatic carbocycles. The van der Waals surface area contributed by atoms with Crippen molar-refractivity contribution in [3.8, 4) is 6.07 Å². The monoisotopic (exact) mass is 268 g/mol. The highest BCUT2D eigenvalue weighted by atomic mass is 32.2. The lowest BCUT2D eigenvalue weighted by molar-refractivity contribution is 0.684. The molecule has 94 valence electrons. The molecule has 0 saturated heterocycles. The topological polar surface area (TPSA) is 53.2 Å². The van der Waals surface area contributed by atoms with Gasteiger partial charge < -0.3 is 0 Å². The molecule has 0 amide bonds. The van der Waals surface area contributed by atoms with E-state index in [0.717, 1.165) is 11.1 Å². The van der Waals surface area contributed by atoms with Crippen LogP contribution in [0, 0.1) is 18.3 Å². The van der Waals surface area contributed by atoms with Crippen molar-refractivity contribution in [3.05, 3.63) is 65.2 Å². The van der Waals surface area contributed by atoms with Gasteiger partial charge in [0.25, 0.3) is 0 Å². The fourth-order valence-electron chi connectivity index (χ4n) is 1.47. The number of aryl methyl sites for hydroxylation is 1. The molecular formula is C15H12N2OS. The zero-order valence-corrected chi connectivity index (χ0v) is 11.2. The van der Waals surface area contributed by atoms with Crippen molar-refractivity contribution in [1.29, 1.82) is 5.26 Å². The predicted octanol–water partition coefficient (Wildman–Crippen LogP) is 3.01. The molecule has 0 bridgehead atoms. The van der Waals surface area contributed by atoms with Crippen molar-refractivity contribution >= 4 is 17.2 Å². The summed E-state index contributed by atoms with van der Waals surface area (Å²) in [6, 6.07) is 16.4. The Labute approximate surface area is 114 Å². The van der Waals surface area contributed by atoms with Gasteiger partial charge in [0.2, 0.25) is 0 Å². The van der Waals surface area contributed by atoms with Crippen LogP contribution in [0.4, 0.5) is 0 Å². The summed E-state index contributed by atoms with van der Waals surface area (Å²) in [4.78, 5) is 0.676. The molecule has 0 fully saturated rings. The van der Waals surface area contributed by atoms with E-state index in [0.29, 0.717) is 10.5 Å². The number of rotatable bonds is 3. The Bertz CT molecular complexity index is 652. The second kappa shape index (κ2) is 6.07. The van der Waals surface area contributed by atoms with E-state index in [2.05, 4.69) is 4.40 Å². The molecule has 0 unspecified atom stereocenters. The Hall–Kier alpha value is -2.25. The van der Waals surface area contributed by atoms with Crippen LogP contribution in [0.2, 0.25) is 0 Å². The largest absolute Gasteiger partial charge is 0.229 e. The van der Waals surface area contributed by atoms with Crippen LogP contribution in [0.25, 0.3) is 0 Å². The summed E-state index contributed by atoms with van der Waals surface area (Å²) in [5.74, 6) is 0. The lowest BCUT2D eigenvalue weighted by Gasteiger charge is -1.97. The van der Waals surface area contributed by atoms with Crippen molar-refractivity contribution in [2.75, 3.05) is 0 Å². The molecule has 3 nitrogen and oxygen atoms in total. The minimum atomic E-state index is -1.39. The highest BCUT2D eigenvalue weighted by Crippen LogP contribution is 2.09. The molecule has 2 aromatic rings. The molecule has 0 spiro atoms. The second-order valence-corrected chi connectivity index (χ2v) is 5.21. The van der Waals surface area contributed by atoms with Crippen molar-refractivity contribution in [2.24, 2.45) is 4.40 Å². The molecule has 0 radical (unpaired) electrons. The van der Waals surface area contributed by atoms with Gasteiger partial charge in [0.05, 0.1) is 16.5 Å². The molecule has 4 heteroatoms. The fraction of sp³-hybridized carbons (Fsp3) is 0.0667. The molecular weight excluding hydrogens is 256 g/mol. The average molecular weight is 268 g/mol. The van der Waals surface area contributed by atoms with Crippen LogP contribution < -0.4 is 0 Å². The second-order valence-electron chi connectivity index (χ2n) is 4.03. The zero-order valence-electron chi connectivity index (χ0n) is 10.4. The molecule has 0 N–H and O–H groups in total. The lowest BCUT2D eigenvalue weighted by Crippen LogP contribution is -1.89. The van der Waals surface area contributed by atoms with Gasteiger partial charge in [-0.1, -0.05) is 29.8 Å². The number of hydrogen-bond donors (Lipinski definition) is 0. The van der Waals surface area contributed by atoms with Gasteiger partial charge in [-0.2, -0.15) is 9.66 Å². The number of nitrogens with zero attached hydrogens (tertiary/aromatic N) is 2. The first-order chi connectivity index (χ1) is 9.19. The minimum Gasteiger partial charge on any atom is -0.229 e. The maximum Gasteiger partial charge on any atom is 0.172 e. The van der Waals surface area contributed by atoms with E-state index < -0.39 is 11.0 Å². The van der Waals surface area contributed by atoms with Crippen LogP contribution in [-0.4, -0.2) is 10.4 Å². The van der Waals surface area contributed by atoms with Crippen LogP contribution in [0.5, 0.6) is 0 Å². The third-order valence-electron chi connectivity index (χ3n) is 2.56. The van der Waals surface area contributed by atoms with E-state index in [9.17, 15) is 4.21 Å². The Morgan fingerprint density at radius 1 is 1.11 bits per heavy atom. The Balaban J connectivity index is 2.11. The molecule has 2 aromatic carbocycles. The van der Waals surface area contributed by atoms with E-state index in [-0.39, 0.29) is 0 Å². The van der Waals surface area contributed by atoms with Gasteiger partial charge in [-0.05, 0) is 36.8 Å². The molecule has 2 rings (SSSR count). The maximum absolute atomic E-state index is 11.9. The molecule has 0 saturated carbocycles. The predicted molar refractivity (Wildman–Crippen MR) is 76.3 cm³/mol. The lowest BCUT2D eigenvalue weighted by atomic mass is 10.2. The first kappa shape index (κ1) is 13.2. The van der Waals surface area contributed by atoms with E-state index >= 15 is 0 Å². The normalized spacial score (nSPS) is 12.2. The molecule has 0 heterocycles. The van der Waals surface area contributed by atoms with Crippen LogP contribution in [0.1, 0.15) is 16.7 Å². The highest BCUT2D eigenvalue weighted by Gasteiger charge is 2.00. The van der Waals surface area contributed by atoms with Gasteiger partial charge in [0, 0.05) is 6.21 Å². The summed E-state index contributed by atoms with van der Waals surface area (Å²) < 4.78 is 15.9. The summed E-state index contributed by atoms with van der Waals surface area (Å²) >= 11 is 0. The number of hydrogen-bond acceptors (Lipinski definition) is 2. The molecule has 0 aliphatic rings. The van der Waals surface area contributed by atoms with Crippen molar-refractivity contribution in [1.82, 2.24) is 0 Å². The summed E-state index contributed by atoms with van der Waals surface area (Å²) in [6.45, 7) is 1.98. The summed E-state index contributed by atoms with van der Waals surface area (Å²) in [5.41, 5.74) is 2.54. The van der Waals surface area contributed by atoms with Crippen molar-refractivity contribution < 1.29 is 4.21 Å². The van der Waals surface area contributed by atoms with Gasteiger partial charge in [-0.25, -0.2) is 4.21 Å². The van der Waals surface area contributed by atoms with Crippen LogP contribution >= 0.6 is 0 Å².